The number of methoxy groups -OCH3 is 3. The molecule has 0 aliphatic heterocycles. The topological polar surface area (TPSA) is 83.1 Å². The molecule has 2 rings (SSSR count). The van der Waals surface area contributed by atoms with E-state index < -0.39 is 5.97 Å². The Morgan fingerprint density at radius 1 is 1.00 bits per heavy atom. The summed E-state index contributed by atoms with van der Waals surface area (Å²) in [5.41, 5.74) is 0.659. The molecule has 0 unspecified atom stereocenters. The number of carbonyl (C=O) groups is 2. The van der Waals surface area contributed by atoms with Crippen LogP contribution in [0.1, 0.15) is 12.0 Å². The number of benzene rings is 2. The van der Waals surface area contributed by atoms with Gasteiger partial charge in [-0.25, -0.2) is 4.79 Å². The van der Waals surface area contributed by atoms with Crippen molar-refractivity contribution in [1.82, 2.24) is 5.32 Å². The summed E-state index contributed by atoms with van der Waals surface area (Å²) in [6, 6.07) is 13.5. The van der Waals surface area contributed by atoms with Gasteiger partial charge in [-0.1, -0.05) is 18.2 Å². The minimum absolute atomic E-state index is 0.329. The summed E-state index contributed by atoms with van der Waals surface area (Å²) in [6.07, 6.45) is 3.61. The summed E-state index contributed by atoms with van der Waals surface area (Å²) in [4.78, 5) is 24.9. The number of carbonyl (C=O) groups excluding carboxylic acids is 2. The van der Waals surface area contributed by atoms with Gasteiger partial charge in [-0.3, -0.25) is 4.79 Å². The highest BCUT2D eigenvalue weighted by Gasteiger charge is 2.12. The van der Waals surface area contributed by atoms with Gasteiger partial charge in [-0.05, 0) is 48.1 Å². The maximum atomic E-state index is 11.9. The van der Waals surface area contributed by atoms with Gasteiger partial charge in [0.15, 0.2) is 18.1 Å². The van der Waals surface area contributed by atoms with Crippen molar-refractivity contribution in [3.8, 4) is 17.2 Å². The lowest BCUT2D eigenvalue weighted by Gasteiger charge is -2.12. The third kappa shape index (κ3) is 8.25. The average molecular weight is 446 g/mol. The lowest BCUT2D eigenvalue weighted by atomic mass is 10.1. The summed E-state index contributed by atoms with van der Waals surface area (Å²) in [7, 11) is 4.54. The van der Waals surface area contributed by atoms with E-state index in [1.165, 1.54) is 32.3 Å². The highest BCUT2D eigenvalue weighted by atomic mass is 32.2. The molecule has 0 aliphatic rings. The number of ether oxygens (including phenoxy) is 4. The normalized spacial score (nSPS) is 10.5. The number of rotatable bonds is 12. The molecule has 0 aliphatic carbocycles. The second-order valence-electron chi connectivity index (χ2n) is 6.26. The fraction of sp³-hybridized carbons (Fsp3) is 0.304. The zero-order valence-electron chi connectivity index (χ0n) is 17.9. The van der Waals surface area contributed by atoms with Crippen LogP contribution in [-0.2, 0) is 14.3 Å². The molecule has 0 heterocycles. The first-order valence-corrected chi connectivity index (χ1v) is 10.6. The lowest BCUT2D eigenvalue weighted by molar-refractivity contribution is -0.143. The minimum Gasteiger partial charge on any atom is -0.493 e. The fourth-order valence-electron chi connectivity index (χ4n) is 2.60. The van der Waals surface area contributed by atoms with E-state index in [1.54, 1.807) is 30.0 Å². The Morgan fingerprint density at radius 2 is 1.68 bits per heavy atom. The first-order valence-electron chi connectivity index (χ1n) is 9.66. The zero-order chi connectivity index (χ0) is 22.5. The van der Waals surface area contributed by atoms with E-state index in [1.807, 2.05) is 30.3 Å². The van der Waals surface area contributed by atoms with Gasteiger partial charge < -0.3 is 24.3 Å². The quantitative estimate of drug-likeness (QED) is 0.231. The number of hydrogen-bond donors (Lipinski definition) is 1. The molecule has 166 valence electrons. The van der Waals surface area contributed by atoms with Crippen LogP contribution in [0.4, 0.5) is 0 Å². The number of nitrogens with one attached hydrogen (secondary N) is 1. The molecule has 1 amide bonds. The molecule has 0 aromatic heterocycles. The van der Waals surface area contributed by atoms with Crippen LogP contribution in [0.5, 0.6) is 17.2 Å². The maximum absolute atomic E-state index is 11.9. The third-order valence-corrected chi connectivity index (χ3v) is 5.20. The minimum atomic E-state index is -0.622. The smallest absolute Gasteiger partial charge is 0.331 e. The first-order chi connectivity index (χ1) is 15.1. The largest absolute Gasteiger partial charge is 0.493 e. The van der Waals surface area contributed by atoms with Crippen molar-refractivity contribution < 1.29 is 28.5 Å². The molecule has 8 heteroatoms. The summed E-state index contributed by atoms with van der Waals surface area (Å²) in [5.74, 6) is 1.34. The second kappa shape index (κ2) is 13.2. The molecule has 7 nitrogen and oxygen atoms in total. The Labute approximate surface area is 186 Å². The Balaban J connectivity index is 1.72. The maximum Gasteiger partial charge on any atom is 0.331 e. The van der Waals surface area contributed by atoms with E-state index in [4.69, 9.17) is 18.9 Å². The number of thioether (sulfide) groups is 1. The van der Waals surface area contributed by atoms with Gasteiger partial charge in [-0.15, -0.1) is 11.8 Å². The number of hydrogen-bond acceptors (Lipinski definition) is 7. The molecule has 0 saturated heterocycles. The Morgan fingerprint density at radius 3 is 2.29 bits per heavy atom. The van der Waals surface area contributed by atoms with Gasteiger partial charge in [0, 0.05) is 17.5 Å². The Bertz CT molecular complexity index is 860. The first kappa shape index (κ1) is 24.1. The molecule has 0 saturated carbocycles. The molecule has 2 aromatic rings. The van der Waals surface area contributed by atoms with Crippen molar-refractivity contribution in [3.63, 3.8) is 0 Å². The van der Waals surface area contributed by atoms with Crippen LogP contribution in [0.25, 0.3) is 6.08 Å². The molecule has 0 spiro atoms. The van der Waals surface area contributed by atoms with Crippen LogP contribution in [-0.4, -0.2) is 52.1 Å². The van der Waals surface area contributed by atoms with Gasteiger partial charge in [0.25, 0.3) is 5.91 Å². The molecule has 0 fully saturated rings. The highest BCUT2D eigenvalue weighted by Crippen LogP contribution is 2.38. The van der Waals surface area contributed by atoms with E-state index in [0.29, 0.717) is 29.4 Å². The van der Waals surface area contributed by atoms with E-state index in [-0.39, 0.29) is 12.5 Å². The van der Waals surface area contributed by atoms with Crippen molar-refractivity contribution in [2.45, 2.75) is 11.3 Å². The standard InChI is InChI=1S/C23H27NO6S/c1-27-19-14-17(15-20(28-2)23(19)29-3)10-11-22(26)30-16-21(25)24-12-7-13-31-18-8-5-4-6-9-18/h4-6,8-11,14-15H,7,12-13,16H2,1-3H3,(H,24,25)/b11-10+. The van der Waals surface area contributed by atoms with Gasteiger partial charge >= 0.3 is 5.97 Å². The molecule has 0 bridgehead atoms. The molecule has 31 heavy (non-hydrogen) atoms. The third-order valence-electron chi connectivity index (χ3n) is 4.10. The lowest BCUT2D eigenvalue weighted by Crippen LogP contribution is -2.29. The summed E-state index contributed by atoms with van der Waals surface area (Å²) < 4.78 is 20.8. The van der Waals surface area contributed by atoms with Crippen molar-refractivity contribution in [2.24, 2.45) is 0 Å². The predicted octanol–water partition coefficient (Wildman–Crippen LogP) is 3.57. The molecule has 0 atom stereocenters. The van der Waals surface area contributed by atoms with Gasteiger partial charge in [0.1, 0.15) is 0 Å². The van der Waals surface area contributed by atoms with Crippen molar-refractivity contribution in [2.75, 3.05) is 40.2 Å². The SMILES string of the molecule is COc1cc(/C=C/C(=O)OCC(=O)NCCCSc2ccccc2)cc(OC)c1OC. The summed E-state index contributed by atoms with van der Waals surface area (Å²) >= 11 is 1.73. The predicted molar refractivity (Wildman–Crippen MR) is 121 cm³/mol. The number of amides is 1. The molecular weight excluding hydrogens is 418 g/mol. The molecule has 1 N–H and O–H groups in total. The van der Waals surface area contributed by atoms with Crippen LogP contribution >= 0.6 is 11.8 Å². The van der Waals surface area contributed by atoms with Crippen molar-refractivity contribution in [3.05, 3.63) is 54.1 Å². The fourth-order valence-corrected chi connectivity index (χ4v) is 3.48. The van der Waals surface area contributed by atoms with Crippen LogP contribution in [0.15, 0.2) is 53.4 Å². The summed E-state index contributed by atoms with van der Waals surface area (Å²) in [6.45, 7) is 0.196. The number of esters is 1. The average Bonchev–Trinajstić information content (AvgIpc) is 2.80. The monoisotopic (exact) mass is 445 g/mol. The van der Waals surface area contributed by atoms with Crippen molar-refractivity contribution in [1.29, 1.82) is 0 Å². The zero-order valence-corrected chi connectivity index (χ0v) is 18.7. The van der Waals surface area contributed by atoms with Gasteiger partial charge in [0.05, 0.1) is 21.3 Å². The van der Waals surface area contributed by atoms with Gasteiger partial charge in [0.2, 0.25) is 5.75 Å². The molecular formula is C23H27NO6S. The van der Waals surface area contributed by atoms with Gasteiger partial charge in [-0.2, -0.15) is 0 Å². The highest BCUT2D eigenvalue weighted by molar-refractivity contribution is 7.99. The van der Waals surface area contributed by atoms with E-state index in [2.05, 4.69) is 5.32 Å². The Kier molecular flexibility index (Phi) is 10.3. The summed E-state index contributed by atoms with van der Waals surface area (Å²) in [5, 5.41) is 2.74. The van der Waals surface area contributed by atoms with Crippen LogP contribution in [0.2, 0.25) is 0 Å². The van der Waals surface area contributed by atoms with Crippen LogP contribution in [0, 0.1) is 0 Å². The van der Waals surface area contributed by atoms with Crippen molar-refractivity contribution >= 4 is 29.7 Å². The molecule has 0 radical (unpaired) electrons. The Hall–Kier alpha value is -3.13. The molecule has 2 aromatic carbocycles. The van der Waals surface area contributed by atoms with Crippen LogP contribution < -0.4 is 19.5 Å². The van der Waals surface area contributed by atoms with E-state index in [0.717, 1.165) is 12.2 Å². The van der Waals surface area contributed by atoms with Crippen LogP contribution in [0.3, 0.4) is 0 Å². The van der Waals surface area contributed by atoms with E-state index in [9.17, 15) is 9.59 Å². The second-order valence-corrected chi connectivity index (χ2v) is 7.43. The van der Waals surface area contributed by atoms with E-state index >= 15 is 0 Å².